The Morgan fingerprint density at radius 3 is 2.72 bits per heavy atom. The highest BCUT2D eigenvalue weighted by Gasteiger charge is 2.30. The lowest BCUT2D eigenvalue weighted by molar-refractivity contribution is -0.116. The third-order valence-corrected chi connectivity index (χ3v) is 5.54. The van der Waals surface area contributed by atoms with Crippen LogP contribution in [0.1, 0.15) is 22.8 Å². The Balaban J connectivity index is 1.78. The Morgan fingerprint density at radius 2 is 2.00 bits per heavy atom. The summed E-state index contributed by atoms with van der Waals surface area (Å²) in [6.45, 7) is 0. The second-order valence-electron chi connectivity index (χ2n) is 5.98. The predicted molar refractivity (Wildman–Crippen MR) is 97.8 cm³/mol. The molecule has 0 unspecified atom stereocenters. The number of rotatable bonds is 3. The molecule has 126 valence electrons. The smallest absolute Gasteiger partial charge is 0.225 e. The van der Waals surface area contributed by atoms with E-state index >= 15 is 0 Å². The molecule has 1 amide bonds. The number of carbonyl (C=O) groups excluding carboxylic acids is 1. The summed E-state index contributed by atoms with van der Waals surface area (Å²) in [7, 11) is 1.63. The summed E-state index contributed by atoms with van der Waals surface area (Å²) in [5.41, 5.74) is 3.66. The molecular weight excluding hydrogens is 337 g/mol. The molecule has 4 rings (SSSR count). The first kappa shape index (κ1) is 15.8. The fourth-order valence-corrected chi connectivity index (χ4v) is 4.36. The molecule has 0 radical (unpaired) electrons. The molecule has 1 N–H and O–H groups in total. The molecule has 1 aliphatic rings. The van der Waals surface area contributed by atoms with E-state index in [9.17, 15) is 9.18 Å². The second-order valence-corrected chi connectivity index (χ2v) is 6.89. The van der Waals surface area contributed by atoms with Crippen LogP contribution in [0.5, 0.6) is 5.75 Å². The van der Waals surface area contributed by atoms with Crippen molar-refractivity contribution in [2.45, 2.75) is 12.3 Å². The van der Waals surface area contributed by atoms with Crippen LogP contribution in [0.15, 0.2) is 53.9 Å². The molecule has 0 saturated carbocycles. The van der Waals surface area contributed by atoms with Crippen molar-refractivity contribution in [1.29, 1.82) is 0 Å². The van der Waals surface area contributed by atoms with Crippen molar-refractivity contribution in [2.75, 3.05) is 12.4 Å². The van der Waals surface area contributed by atoms with E-state index < -0.39 is 0 Å². The first-order valence-corrected chi connectivity index (χ1v) is 8.85. The molecule has 3 aromatic rings. The highest BCUT2D eigenvalue weighted by molar-refractivity contribution is 7.11. The molecule has 0 saturated heterocycles. The molecule has 0 bridgehead atoms. The Bertz CT molecular complexity index is 933. The highest BCUT2D eigenvalue weighted by Crippen LogP contribution is 2.46. The van der Waals surface area contributed by atoms with Gasteiger partial charge in [0.15, 0.2) is 0 Å². The van der Waals surface area contributed by atoms with Crippen LogP contribution in [0.3, 0.4) is 0 Å². The van der Waals surface area contributed by atoms with Gasteiger partial charge in [-0.1, -0.05) is 24.3 Å². The number of hydrogen-bond acceptors (Lipinski definition) is 3. The van der Waals surface area contributed by atoms with Gasteiger partial charge in [-0.3, -0.25) is 4.79 Å². The van der Waals surface area contributed by atoms with E-state index in [1.54, 1.807) is 24.5 Å². The number of carbonyl (C=O) groups is 1. The number of halogens is 1. The van der Waals surface area contributed by atoms with E-state index in [1.807, 2.05) is 35.7 Å². The van der Waals surface area contributed by atoms with E-state index in [-0.39, 0.29) is 17.6 Å². The van der Waals surface area contributed by atoms with Gasteiger partial charge in [-0.2, -0.15) is 0 Å². The number of nitrogens with one attached hydrogen (secondary N) is 1. The lowest BCUT2D eigenvalue weighted by Gasteiger charge is -2.24. The second kappa shape index (κ2) is 6.33. The molecule has 0 fully saturated rings. The number of anilines is 1. The fourth-order valence-electron chi connectivity index (χ4n) is 3.20. The molecule has 1 aliphatic heterocycles. The normalized spacial score (nSPS) is 16.2. The van der Waals surface area contributed by atoms with Crippen molar-refractivity contribution in [3.63, 3.8) is 0 Å². The monoisotopic (exact) mass is 353 g/mol. The standard InChI is InChI=1S/C20H16FNO2S/c1-24-15-7-5-12(6-8-15)17-11-25-20-16(10-18(23)22-19(17)20)13-3-2-4-14(21)9-13/h2-9,11,16H,10H2,1H3,(H,22,23)/t16-/m0/s1. The van der Waals surface area contributed by atoms with E-state index in [0.717, 1.165) is 33.0 Å². The van der Waals surface area contributed by atoms with Crippen LogP contribution in [0, 0.1) is 5.82 Å². The predicted octanol–water partition coefficient (Wildman–Crippen LogP) is 5.04. The summed E-state index contributed by atoms with van der Waals surface area (Å²) in [5.74, 6) is 0.345. The molecule has 2 aromatic carbocycles. The van der Waals surface area contributed by atoms with Crippen LogP contribution in [0.4, 0.5) is 10.1 Å². The van der Waals surface area contributed by atoms with Crippen LogP contribution in [-0.2, 0) is 4.79 Å². The van der Waals surface area contributed by atoms with Gasteiger partial charge in [0, 0.05) is 28.2 Å². The van der Waals surface area contributed by atoms with Crippen molar-refractivity contribution in [2.24, 2.45) is 0 Å². The van der Waals surface area contributed by atoms with Crippen LogP contribution >= 0.6 is 11.3 Å². The molecule has 0 spiro atoms. The van der Waals surface area contributed by atoms with Gasteiger partial charge in [0.05, 0.1) is 12.8 Å². The van der Waals surface area contributed by atoms with Crippen LogP contribution in [0.25, 0.3) is 11.1 Å². The number of hydrogen-bond donors (Lipinski definition) is 1. The number of benzene rings is 2. The summed E-state index contributed by atoms with van der Waals surface area (Å²) < 4.78 is 18.8. The van der Waals surface area contributed by atoms with E-state index in [0.29, 0.717) is 6.42 Å². The van der Waals surface area contributed by atoms with E-state index in [1.165, 1.54) is 12.1 Å². The van der Waals surface area contributed by atoms with Gasteiger partial charge in [0.2, 0.25) is 5.91 Å². The van der Waals surface area contributed by atoms with Crippen molar-refractivity contribution in [3.05, 3.63) is 70.2 Å². The topological polar surface area (TPSA) is 38.3 Å². The van der Waals surface area contributed by atoms with Gasteiger partial charge in [-0.25, -0.2) is 4.39 Å². The van der Waals surface area contributed by atoms with E-state index in [4.69, 9.17) is 4.74 Å². The lowest BCUT2D eigenvalue weighted by atomic mass is 9.89. The maximum Gasteiger partial charge on any atom is 0.225 e. The van der Waals surface area contributed by atoms with Gasteiger partial charge in [-0.05, 0) is 35.4 Å². The summed E-state index contributed by atoms with van der Waals surface area (Å²) >= 11 is 1.60. The number of thiophene rings is 1. The number of methoxy groups -OCH3 is 1. The Hall–Kier alpha value is -2.66. The van der Waals surface area contributed by atoms with Gasteiger partial charge >= 0.3 is 0 Å². The van der Waals surface area contributed by atoms with Crippen molar-refractivity contribution in [3.8, 4) is 16.9 Å². The first-order chi connectivity index (χ1) is 12.2. The quantitative estimate of drug-likeness (QED) is 0.717. The zero-order valence-electron chi connectivity index (χ0n) is 13.6. The Kier molecular flexibility index (Phi) is 4.01. The number of fused-ring (bicyclic) bond motifs is 1. The first-order valence-electron chi connectivity index (χ1n) is 7.97. The third kappa shape index (κ3) is 2.91. The van der Waals surface area contributed by atoms with Crippen LogP contribution < -0.4 is 10.1 Å². The molecular formula is C20H16FNO2S. The lowest BCUT2D eigenvalue weighted by Crippen LogP contribution is -2.22. The molecule has 1 aromatic heterocycles. The SMILES string of the molecule is COc1ccc(-c2csc3c2NC(=O)C[C@H]3c2cccc(F)c2)cc1. The minimum absolute atomic E-state index is 0.0464. The molecule has 5 heteroatoms. The Morgan fingerprint density at radius 1 is 1.20 bits per heavy atom. The maximum atomic E-state index is 13.6. The maximum absolute atomic E-state index is 13.6. The highest BCUT2D eigenvalue weighted by atomic mass is 32.1. The number of ether oxygens (including phenoxy) is 1. The molecule has 0 aliphatic carbocycles. The fraction of sp³-hybridized carbons (Fsp3) is 0.150. The van der Waals surface area contributed by atoms with Gasteiger partial charge in [0.25, 0.3) is 0 Å². The van der Waals surface area contributed by atoms with E-state index in [2.05, 4.69) is 5.32 Å². The summed E-state index contributed by atoms with van der Waals surface area (Å²) in [6, 6.07) is 14.2. The van der Waals surface area contributed by atoms with Crippen LogP contribution in [-0.4, -0.2) is 13.0 Å². The van der Waals surface area contributed by atoms with Crippen LogP contribution in [0.2, 0.25) is 0 Å². The van der Waals surface area contributed by atoms with Gasteiger partial charge in [-0.15, -0.1) is 11.3 Å². The Labute approximate surface area is 149 Å². The molecule has 25 heavy (non-hydrogen) atoms. The molecule has 2 heterocycles. The summed E-state index contributed by atoms with van der Waals surface area (Å²) in [6.07, 6.45) is 0.332. The van der Waals surface area contributed by atoms with Gasteiger partial charge in [0.1, 0.15) is 11.6 Å². The van der Waals surface area contributed by atoms with Gasteiger partial charge < -0.3 is 10.1 Å². The minimum atomic E-state index is -0.281. The van der Waals surface area contributed by atoms with Crippen molar-refractivity contribution in [1.82, 2.24) is 0 Å². The minimum Gasteiger partial charge on any atom is -0.497 e. The molecule has 1 atom stereocenters. The summed E-state index contributed by atoms with van der Waals surface area (Å²) in [4.78, 5) is 13.3. The van der Waals surface area contributed by atoms with Crippen molar-refractivity contribution >= 4 is 22.9 Å². The third-order valence-electron chi connectivity index (χ3n) is 4.44. The average molecular weight is 353 g/mol. The average Bonchev–Trinajstić information content (AvgIpc) is 3.04. The van der Waals surface area contributed by atoms with Crippen molar-refractivity contribution < 1.29 is 13.9 Å². The largest absolute Gasteiger partial charge is 0.497 e. The zero-order chi connectivity index (χ0) is 17.4. The number of amides is 1. The zero-order valence-corrected chi connectivity index (χ0v) is 14.4. The molecule has 3 nitrogen and oxygen atoms in total. The summed E-state index contributed by atoms with van der Waals surface area (Å²) in [5, 5.41) is 5.04.